The molecular formula is C20H29NO2. The van der Waals surface area contributed by atoms with Crippen molar-refractivity contribution in [2.24, 2.45) is 5.92 Å². The molecule has 0 radical (unpaired) electrons. The monoisotopic (exact) mass is 315 g/mol. The zero-order valence-electron chi connectivity index (χ0n) is 14.3. The number of aromatic hydroxyl groups is 1. The predicted molar refractivity (Wildman–Crippen MR) is 91.9 cm³/mol. The van der Waals surface area contributed by atoms with Gasteiger partial charge in [-0.3, -0.25) is 4.90 Å². The average Bonchev–Trinajstić information content (AvgIpc) is 2.56. The van der Waals surface area contributed by atoms with Crippen molar-refractivity contribution in [2.45, 2.75) is 56.9 Å². The minimum atomic E-state index is 0.381. The summed E-state index contributed by atoms with van der Waals surface area (Å²) in [5.74, 6) is 1.22. The molecule has 1 aromatic rings. The molecule has 1 unspecified atom stereocenters. The fraction of sp³-hybridized carbons (Fsp3) is 0.700. The first-order valence-corrected chi connectivity index (χ1v) is 9.39. The van der Waals surface area contributed by atoms with Crippen molar-refractivity contribution in [3.05, 3.63) is 29.3 Å². The van der Waals surface area contributed by atoms with Crippen molar-refractivity contribution in [1.82, 2.24) is 4.90 Å². The van der Waals surface area contributed by atoms with E-state index in [-0.39, 0.29) is 0 Å². The molecule has 23 heavy (non-hydrogen) atoms. The third-order valence-electron chi connectivity index (χ3n) is 6.66. The molecule has 0 amide bonds. The quantitative estimate of drug-likeness (QED) is 0.863. The molecule has 4 rings (SSSR count). The summed E-state index contributed by atoms with van der Waals surface area (Å²) in [7, 11) is 0. The van der Waals surface area contributed by atoms with Crippen molar-refractivity contribution in [1.29, 1.82) is 0 Å². The van der Waals surface area contributed by atoms with E-state index >= 15 is 0 Å². The lowest BCUT2D eigenvalue weighted by Gasteiger charge is -2.59. The molecule has 1 saturated carbocycles. The summed E-state index contributed by atoms with van der Waals surface area (Å²) in [6.45, 7) is 5.98. The Morgan fingerprint density at radius 2 is 2.22 bits per heavy atom. The van der Waals surface area contributed by atoms with E-state index in [2.05, 4.69) is 17.9 Å². The van der Waals surface area contributed by atoms with Gasteiger partial charge in [-0.15, -0.1) is 0 Å². The summed E-state index contributed by atoms with van der Waals surface area (Å²) in [6, 6.07) is 6.80. The Morgan fingerprint density at radius 3 is 3.09 bits per heavy atom. The third kappa shape index (κ3) is 2.49. The predicted octanol–water partition coefficient (Wildman–Crippen LogP) is 3.49. The number of rotatable bonds is 4. The van der Waals surface area contributed by atoms with Crippen molar-refractivity contribution >= 4 is 0 Å². The Kier molecular flexibility index (Phi) is 4.10. The molecule has 2 fully saturated rings. The van der Waals surface area contributed by atoms with Gasteiger partial charge in [-0.25, -0.2) is 0 Å². The Hall–Kier alpha value is -1.06. The molecule has 0 spiro atoms. The Bertz CT molecular complexity index is 573. The second kappa shape index (κ2) is 6.10. The van der Waals surface area contributed by atoms with Gasteiger partial charge in [0.05, 0.1) is 6.61 Å². The molecule has 1 N–H and O–H groups in total. The highest BCUT2D eigenvalue weighted by atomic mass is 16.5. The zero-order chi connectivity index (χ0) is 15.9. The second-order valence-corrected chi connectivity index (χ2v) is 7.60. The summed E-state index contributed by atoms with van der Waals surface area (Å²) in [5.41, 5.74) is 3.33. The van der Waals surface area contributed by atoms with Gasteiger partial charge in [-0.05, 0) is 68.3 Å². The van der Waals surface area contributed by atoms with Crippen LogP contribution < -0.4 is 0 Å². The van der Waals surface area contributed by atoms with E-state index in [1.54, 1.807) is 5.56 Å². The summed E-state index contributed by atoms with van der Waals surface area (Å²) in [4.78, 5) is 2.68. The minimum Gasteiger partial charge on any atom is -0.508 e. The van der Waals surface area contributed by atoms with Gasteiger partial charge in [0, 0.05) is 24.6 Å². The van der Waals surface area contributed by atoms with E-state index < -0.39 is 0 Å². The van der Waals surface area contributed by atoms with Crippen LogP contribution in [-0.2, 0) is 16.6 Å². The van der Waals surface area contributed by atoms with Crippen LogP contribution in [0.3, 0.4) is 0 Å². The molecular weight excluding hydrogens is 286 g/mol. The van der Waals surface area contributed by atoms with Gasteiger partial charge < -0.3 is 9.84 Å². The maximum Gasteiger partial charge on any atom is 0.115 e. The number of hydrogen-bond acceptors (Lipinski definition) is 3. The number of fused-ring (bicyclic) bond motifs is 1. The van der Waals surface area contributed by atoms with Gasteiger partial charge in [0.2, 0.25) is 0 Å². The van der Waals surface area contributed by atoms with Gasteiger partial charge in [-0.2, -0.15) is 0 Å². The normalized spacial score (nSPS) is 33.1. The molecule has 3 heteroatoms. The fourth-order valence-corrected chi connectivity index (χ4v) is 5.71. The molecule has 1 aliphatic heterocycles. The van der Waals surface area contributed by atoms with Crippen molar-refractivity contribution in [3.63, 3.8) is 0 Å². The van der Waals surface area contributed by atoms with Crippen LogP contribution >= 0.6 is 0 Å². The van der Waals surface area contributed by atoms with E-state index in [1.807, 2.05) is 12.1 Å². The molecule has 0 aromatic heterocycles. The van der Waals surface area contributed by atoms with Gasteiger partial charge in [0.1, 0.15) is 5.75 Å². The maximum absolute atomic E-state index is 9.95. The number of benzene rings is 1. The highest BCUT2D eigenvalue weighted by Gasteiger charge is 2.53. The molecule has 3 aliphatic rings. The van der Waals surface area contributed by atoms with Crippen LogP contribution in [-0.4, -0.2) is 42.4 Å². The highest BCUT2D eigenvalue weighted by Crippen LogP contribution is 2.55. The molecule has 126 valence electrons. The summed E-state index contributed by atoms with van der Waals surface area (Å²) in [6.07, 6.45) is 7.83. The van der Waals surface area contributed by atoms with E-state index in [0.29, 0.717) is 17.2 Å². The van der Waals surface area contributed by atoms with Crippen molar-refractivity contribution in [3.8, 4) is 5.75 Å². The van der Waals surface area contributed by atoms with E-state index in [9.17, 15) is 5.11 Å². The molecule has 2 aliphatic carbocycles. The number of phenolic OH excluding ortho intramolecular Hbond substituents is 1. The maximum atomic E-state index is 9.95. The third-order valence-corrected chi connectivity index (χ3v) is 6.66. The lowest BCUT2D eigenvalue weighted by molar-refractivity contribution is -0.0234. The summed E-state index contributed by atoms with van der Waals surface area (Å²) in [5, 5.41) is 9.95. The smallest absolute Gasteiger partial charge is 0.115 e. The van der Waals surface area contributed by atoms with Gasteiger partial charge in [0.15, 0.2) is 0 Å². The molecule has 1 heterocycles. The van der Waals surface area contributed by atoms with Crippen LogP contribution in [0, 0.1) is 5.92 Å². The fourth-order valence-electron chi connectivity index (χ4n) is 5.71. The van der Waals surface area contributed by atoms with E-state index in [0.717, 1.165) is 32.1 Å². The lowest BCUT2D eigenvalue weighted by Crippen LogP contribution is -2.61. The largest absolute Gasteiger partial charge is 0.508 e. The van der Waals surface area contributed by atoms with Crippen molar-refractivity contribution in [2.75, 3.05) is 26.3 Å². The van der Waals surface area contributed by atoms with Crippen LogP contribution in [0.15, 0.2) is 18.2 Å². The number of nitrogens with zero attached hydrogens (tertiary/aromatic N) is 1. The first-order valence-electron chi connectivity index (χ1n) is 9.39. The summed E-state index contributed by atoms with van der Waals surface area (Å²) >= 11 is 0. The zero-order valence-corrected chi connectivity index (χ0v) is 14.3. The van der Waals surface area contributed by atoms with Gasteiger partial charge in [0.25, 0.3) is 0 Å². The van der Waals surface area contributed by atoms with E-state index in [1.165, 1.54) is 44.2 Å². The topological polar surface area (TPSA) is 32.7 Å². The molecule has 3 atom stereocenters. The average molecular weight is 315 g/mol. The second-order valence-electron chi connectivity index (χ2n) is 7.60. The number of ether oxygens (including phenoxy) is 1. The van der Waals surface area contributed by atoms with Crippen molar-refractivity contribution < 1.29 is 9.84 Å². The van der Waals surface area contributed by atoms with E-state index in [4.69, 9.17) is 4.74 Å². The Balaban J connectivity index is 1.68. The molecule has 3 nitrogen and oxygen atoms in total. The van der Waals surface area contributed by atoms with Gasteiger partial charge in [-0.1, -0.05) is 18.9 Å². The van der Waals surface area contributed by atoms with Crippen LogP contribution in [0.4, 0.5) is 0 Å². The minimum absolute atomic E-state index is 0.381. The summed E-state index contributed by atoms with van der Waals surface area (Å²) < 4.78 is 5.62. The standard InChI is InChI=1S/C20H29NO2/c1-2-23-12-11-21-10-9-20-8-4-3-5-18(20)19(21)14-15-13-16(22)6-7-17(15)20/h6-7,13,18-19,22H,2-5,8-12,14H2,1H3/t18-,19+,20?/m0/s1. The van der Waals surface area contributed by atoms with Crippen LogP contribution in [0.5, 0.6) is 5.75 Å². The first-order chi connectivity index (χ1) is 11.2. The number of likely N-dealkylation sites (tertiary alicyclic amines) is 1. The van der Waals surface area contributed by atoms with Crippen LogP contribution in [0.2, 0.25) is 0 Å². The van der Waals surface area contributed by atoms with Crippen LogP contribution in [0.1, 0.15) is 50.2 Å². The number of hydrogen-bond donors (Lipinski definition) is 1. The van der Waals surface area contributed by atoms with Gasteiger partial charge >= 0.3 is 0 Å². The Morgan fingerprint density at radius 1 is 1.30 bits per heavy atom. The number of phenols is 1. The first kappa shape index (κ1) is 15.5. The number of piperidine rings is 1. The molecule has 1 saturated heterocycles. The molecule has 2 bridgehead atoms. The molecule has 1 aromatic carbocycles. The Labute approximate surface area is 139 Å². The van der Waals surface area contributed by atoms with Crippen LogP contribution in [0.25, 0.3) is 0 Å². The lowest BCUT2D eigenvalue weighted by atomic mass is 9.52. The highest BCUT2D eigenvalue weighted by molar-refractivity contribution is 5.44. The SMILES string of the molecule is CCOCCN1CCC23CCCC[C@H]2[C@H]1Cc1cc(O)ccc13.